The highest BCUT2D eigenvalue weighted by Crippen LogP contribution is 2.13. The first-order valence-electron chi connectivity index (χ1n) is 3.49. The van der Waals surface area contributed by atoms with Crippen LogP contribution in [0.15, 0.2) is 30.9 Å². The molecule has 3 heteroatoms. The smallest absolute Gasteiger partial charge is 0.101 e. The first-order valence-corrected chi connectivity index (χ1v) is 3.49. The average Bonchev–Trinajstić information content (AvgIpc) is 2.17. The Morgan fingerprint density at radius 2 is 2.00 bits per heavy atom. The van der Waals surface area contributed by atoms with E-state index in [9.17, 15) is 0 Å². The lowest BCUT2D eigenvalue weighted by Crippen LogP contribution is -1.82. The van der Waals surface area contributed by atoms with Crippen molar-refractivity contribution in [2.75, 3.05) is 0 Å². The lowest BCUT2D eigenvalue weighted by atomic mass is 10.1. The van der Waals surface area contributed by atoms with Crippen molar-refractivity contribution in [3.05, 3.63) is 36.4 Å². The van der Waals surface area contributed by atoms with Crippen molar-refractivity contribution < 1.29 is 0 Å². The third-order valence-corrected chi connectivity index (χ3v) is 1.68. The van der Waals surface area contributed by atoms with Gasteiger partial charge in [0.1, 0.15) is 6.07 Å². The first-order chi connectivity index (χ1) is 5.92. The molecule has 0 saturated heterocycles. The minimum atomic E-state index is 0.593. The van der Waals surface area contributed by atoms with Crippen molar-refractivity contribution >= 4 is 10.8 Å². The fourth-order valence-electron chi connectivity index (χ4n) is 1.11. The summed E-state index contributed by atoms with van der Waals surface area (Å²) in [5.74, 6) is 0. The minimum Gasteiger partial charge on any atom is -0.264 e. The van der Waals surface area contributed by atoms with E-state index in [1.54, 1.807) is 24.8 Å². The molecule has 0 atom stereocenters. The largest absolute Gasteiger partial charge is 0.264 e. The van der Waals surface area contributed by atoms with Crippen molar-refractivity contribution in [1.29, 1.82) is 5.26 Å². The lowest BCUT2D eigenvalue weighted by molar-refractivity contribution is 1.30. The minimum absolute atomic E-state index is 0.593. The van der Waals surface area contributed by atoms with Crippen LogP contribution in [-0.2, 0) is 0 Å². The van der Waals surface area contributed by atoms with Gasteiger partial charge in [-0.3, -0.25) is 9.97 Å². The molecule has 0 radical (unpaired) electrons. The Morgan fingerprint density at radius 3 is 2.83 bits per heavy atom. The molecule has 0 aliphatic heterocycles. The maximum absolute atomic E-state index is 8.73. The summed E-state index contributed by atoms with van der Waals surface area (Å²) in [6.07, 6.45) is 6.62. The maximum atomic E-state index is 8.73. The van der Waals surface area contributed by atoms with Gasteiger partial charge in [-0.2, -0.15) is 5.26 Å². The summed E-state index contributed by atoms with van der Waals surface area (Å²) >= 11 is 0. The molecular weight excluding hydrogens is 150 g/mol. The van der Waals surface area contributed by atoms with E-state index in [4.69, 9.17) is 5.26 Å². The average molecular weight is 155 g/mol. The zero-order valence-corrected chi connectivity index (χ0v) is 6.23. The summed E-state index contributed by atoms with van der Waals surface area (Å²) in [6, 6.07) is 3.89. The predicted octanol–water partition coefficient (Wildman–Crippen LogP) is 1.50. The third kappa shape index (κ3) is 0.903. The molecule has 0 N–H and O–H groups in total. The molecule has 2 aromatic heterocycles. The molecule has 12 heavy (non-hydrogen) atoms. The monoisotopic (exact) mass is 155 g/mol. The van der Waals surface area contributed by atoms with E-state index < -0.39 is 0 Å². The van der Waals surface area contributed by atoms with Crippen molar-refractivity contribution in [2.24, 2.45) is 0 Å². The molecule has 0 spiro atoms. The Hall–Kier alpha value is -1.95. The fourth-order valence-corrected chi connectivity index (χ4v) is 1.11. The predicted molar refractivity (Wildman–Crippen MR) is 44.3 cm³/mol. The van der Waals surface area contributed by atoms with Crippen LogP contribution in [0.4, 0.5) is 0 Å². The van der Waals surface area contributed by atoms with E-state index in [0.29, 0.717) is 5.56 Å². The zero-order valence-electron chi connectivity index (χ0n) is 6.23. The second-order valence-electron chi connectivity index (χ2n) is 2.40. The van der Waals surface area contributed by atoms with Gasteiger partial charge in [0.15, 0.2) is 0 Å². The summed E-state index contributed by atoms with van der Waals surface area (Å²) < 4.78 is 0. The molecule has 2 aromatic rings. The number of rotatable bonds is 0. The Kier molecular flexibility index (Phi) is 1.45. The van der Waals surface area contributed by atoms with Crippen LogP contribution in [0.2, 0.25) is 0 Å². The molecule has 0 bridgehead atoms. The van der Waals surface area contributed by atoms with Gasteiger partial charge in [-0.15, -0.1) is 0 Å². The summed E-state index contributed by atoms with van der Waals surface area (Å²) in [5, 5.41) is 10.5. The van der Waals surface area contributed by atoms with Gasteiger partial charge in [-0.05, 0) is 6.07 Å². The SMILES string of the molecule is N#Cc1cncc2cnccc12. The van der Waals surface area contributed by atoms with Gasteiger partial charge in [-0.1, -0.05) is 0 Å². The van der Waals surface area contributed by atoms with Crippen LogP contribution in [0.25, 0.3) is 10.8 Å². The van der Waals surface area contributed by atoms with E-state index in [0.717, 1.165) is 10.8 Å². The van der Waals surface area contributed by atoms with Gasteiger partial charge < -0.3 is 0 Å². The molecule has 0 aromatic carbocycles. The van der Waals surface area contributed by atoms with Crippen molar-refractivity contribution in [3.8, 4) is 6.07 Å². The molecule has 2 rings (SSSR count). The standard InChI is InChI=1S/C9H5N3/c10-3-7-4-12-6-8-5-11-2-1-9(7)8/h1-2,4-6H. The van der Waals surface area contributed by atoms with Gasteiger partial charge in [0, 0.05) is 35.6 Å². The van der Waals surface area contributed by atoms with Crippen LogP contribution in [0.5, 0.6) is 0 Å². The third-order valence-electron chi connectivity index (χ3n) is 1.68. The van der Waals surface area contributed by atoms with Crippen LogP contribution < -0.4 is 0 Å². The molecular formula is C9H5N3. The fraction of sp³-hybridized carbons (Fsp3) is 0. The van der Waals surface area contributed by atoms with E-state index in [1.807, 2.05) is 6.07 Å². The van der Waals surface area contributed by atoms with Crippen LogP contribution in [-0.4, -0.2) is 9.97 Å². The van der Waals surface area contributed by atoms with Gasteiger partial charge in [-0.25, -0.2) is 0 Å². The summed E-state index contributed by atoms with van der Waals surface area (Å²) in [5.41, 5.74) is 0.593. The molecule has 0 amide bonds. The van der Waals surface area contributed by atoms with Crippen LogP contribution >= 0.6 is 0 Å². The number of aromatic nitrogens is 2. The summed E-state index contributed by atoms with van der Waals surface area (Å²) in [4.78, 5) is 7.86. The number of hydrogen-bond acceptors (Lipinski definition) is 3. The molecule has 0 aliphatic rings. The first kappa shape index (κ1) is 6.74. The quantitative estimate of drug-likeness (QED) is 0.579. The number of nitrogens with zero attached hydrogens (tertiary/aromatic N) is 3. The van der Waals surface area contributed by atoms with Gasteiger partial charge in [0.2, 0.25) is 0 Å². The number of nitriles is 1. The van der Waals surface area contributed by atoms with E-state index in [-0.39, 0.29) is 0 Å². The topological polar surface area (TPSA) is 49.6 Å². The normalized spacial score (nSPS) is 9.58. The van der Waals surface area contributed by atoms with Crippen molar-refractivity contribution in [1.82, 2.24) is 9.97 Å². The molecule has 3 nitrogen and oxygen atoms in total. The Labute approximate surface area is 69.3 Å². The highest BCUT2D eigenvalue weighted by molar-refractivity contribution is 5.85. The van der Waals surface area contributed by atoms with Crippen molar-refractivity contribution in [3.63, 3.8) is 0 Å². The second-order valence-corrected chi connectivity index (χ2v) is 2.40. The highest BCUT2D eigenvalue weighted by Gasteiger charge is 1.98. The molecule has 0 unspecified atom stereocenters. The lowest BCUT2D eigenvalue weighted by Gasteiger charge is -1.95. The van der Waals surface area contributed by atoms with Gasteiger partial charge in [0.05, 0.1) is 5.56 Å². The maximum Gasteiger partial charge on any atom is 0.101 e. The van der Waals surface area contributed by atoms with Crippen LogP contribution in [0.3, 0.4) is 0 Å². The molecule has 2 heterocycles. The Balaban J connectivity index is 2.91. The molecule has 0 aliphatic carbocycles. The zero-order chi connectivity index (χ0) is 8.39. The Bertz CT molecular complexity index is 451. The van der Waals surface area contributed by atoms with Crippen LogP contribution in [0.1, 0.15) is 5.56 Å². The number of fused-ring (bicyclic) bond motifs is 1. The number of hydrogen-bond donors (Lipinski definition) is 0. The summed E-state index contributed by atoms with van der Waals surface area (Å²) in [6.45, 7) is 0. The number of pyridine rings is 2. The second kappa shape index (κ2) is 2.59. The van der Waals surface area contributed by atoms with Gasteiger partial charge >= 0.3 is 0 Å². The molecule has 0 fully saturated rings. The van der Waals surface area contributed by atoms with E-state index in [2.05, 4.69) is 16.0 Å². The molecule has 56 valence electrons. The van der Waals surface area contributed by atoms with Crippen molar-refractivity contribution in [2.45, 2.75) is 0 Å². The van der Waals surface area contributed by atoms with Crippen LogP contribution in [0, 0.1) is 11.3 Å². The highest BCUT2D eigenvalue weighted by atomic mass is 14.7. The van der Waals surface area contributed by atoms with E-state index >= 15 is 0 Å². The molecule has 0 saturated carbocycles. The van der Waals surface area contributed by atoms with E-state index in [1.165, 1.54) is 0 Å². The van der Waals surface area contributed by atoms with Gasteiger partial charge in [0.25, 0.3) is 0 Å². The summed E-state index contributed by atoms with van der Waals surface area (Å²) in [7, 11) is 0. The Morgan fingerprint density at radius 1 is 1.17 bits per heavy atom.